The summed E-state index contributed by atoms with van der Waals surface area (Å²) in [5, 5.41) is 3.82. The van der Waals surface area contributed by atoms with Gasteiger partial charge in [-0.15, -0.1) is 0 Å². The van der Waals surface area contributed by atoms with Gasteiger partial charge in [0.1, 0.15) is 12.0 Å². The number of hydrogen-bond acceptors (Lipinski definition) is 6. The van der Waals surface area contributed by atoms with E-state index in [1.807, 2.05) is 18.2 Å². The molecule has 0 aliphatic carbocycles. The van der Waals surface area contributed by atoms with Gasteiger partial charge in [-0.25, -0.2) is 19.3 Å². The van der Waals surface area contributed by atoms with Gasteiger partial charge in [0.25, 0.3) is 0 Å². The molecule has 0 radical (unpaired) electrons. The maximum absolute atomic E-state index is 14.1. The summed E-state index contributed by atoms with van der Waals surface area (Å²) in [5.74, 6) is 1.53. The molecule has 1 saturated heterocycles. The number of carbonyl (C=O) groups excluding carboxylic acids is 1. The van der Waals surface area contributed by atoms with E-state index in [4.69, 9.17) is 4.42 Å². The highest BCUT2D eigenvalue weighted by atomic mass is 19.1. The summed E-state index contributed by atoms with van der Waals surface area (Å²) in [6.45, 7) is 2.43. The molecule has 0 spiro atoms. The van der Waals surface area contributed by atoms with Crippen LogP contribution in [0.2, 0.25) is 0 Å². The van der Waals surface area contributed by atoms with Gasteiger partial charge in [0, 0.05) is 36.7 Å². The van der Waals surface area contributed by atoms with Gasteiger partial charge >= 0.3 is 0 Å². The molecule has 1 fully saturated rings. The van der Waals surface area contributed by atoms with Crippen molar-refractivity contribution in [3.8, 4) is 11.3 Å². The molecule has 0 saturated carbocycles. The van der Waals surface area contributed by atoms with Crippen molar-refractivity contribution >= 4 is 16.8 Å². The largest absolute Gasteiger partial charge is 0.441 e. The molecule has 3 aromatic rings. The smallest absolute Gasteiger partial charge is 0.230 e. The second-order valence-electron chi connectivity index (χ2n) is 7.02. The number of piperidine rings is 1. The lowest BCUT2D eigenvalue weighted by atomic mass is 10.0. The molecule has 8 heteroatoms. The fourth-order valence-electron chi connectivity index (χ4n) is 3.50. The summed E-state index contributed by atoms with van der Waals surface area (Å²) in [4.78, 5) is 27.1. The fraction of sp³-hybridized carbons (Fsp3) is 0.400. The summed E-state index contributed by atoms with van der Waals surface area (Å²) >= 11 is 0. The third-order valence-electron chi connectivity index (χ3n) is 5.11. The lowest BCUT2D eigenvalue weighted by Gasteiger charge is -2.34. The summed E-state index contributed by atoms with van der Waals surface area (Å²) in [7, 11) is 1.74. The topological polar surface area (TPSA) is 84.2 Å². The predicted molar refractivity (Wildman–Crippen MR) is 102 cm³/mol. The van der Waals surface area contributed by atoms with E-state index in [1.165, 1.54) is 0 Å². The Kier molecular flexibility index (Phi) is 5.04. The van der Waals surface area contributed by atoms with Crippen molar-refractivity contribution in [1.29, 1.82) is 0 Å². The Morgan fingerprint density at radius 3 is 2.93 bits per heavy atom. The monoisotopic (exact) mass is 383 g/mol. The normalized spacial score (nSPS) is 19.9. The van der Waals surface area contributed by atoms with E-state index >= 15 is 0 Å². The molecular weight excluding hydrogens is 361 g/mol. The van der Waals surface area contributed by atoms with Crippen LogP contribution in [0.3, 0.4) is 0 Å². The van der Waals surface area contributed by atoms with Crippen LogP contribution in [0.4, 0.5) is 4.39 Å². The van der Waals surface area contributed by atoms with Crippen molar-refractivity contribution in [2.45, 2.75) is 32.0 Å². The number of hydrogen-bond donors (Lipinski definition) is 1. The average Bonchev–Trinajstić information content (AvgIpc) is 3.13. The Balaban J connectivity index is 1.51. The minimum absolute atomic E-state index is 0.0541. The van der Waals surface area contributed by atoms with Gasteiger partial charge in [-0.1, -0.05) is 12.1 Å². The van der Waals surface area contributed by atoms with Crippen LogP contribution in [0.15, 0.2) is 35.0 Å². The first-order valence-corrected chi connectivity index (χ1v) is 9.31. The van der Waals surface area contributed by atoms with Gasteiger partial charge in [0.05, 0.1) is 24.7 Å². The molecule has 2 aromatic heterocycles. The van der Waals surface area contributed by atoms with E-state index in [0.29, 0.717) is 30.4 Å². The maximum atomic E-state index is 14.1. The van der Waals surface area contributed by atoms with E-state index < -0.39 is 6.17 Å². The zero-order valence-electron chi connectivity index (χ0n) is 15.9. The standard InChI is InChI=1S/C20H22FN5O2/c1-12-23-10-18(28-12)13-3-4-14-9-24-19(25-17(14)7-13)8-20(27)26-6-5-16(22-2)15(21)11-26/h3-4,7,9-10,15-16,22H,5-6,8,11H2,1-2H3/t15-,16-/m1/s1. The van der Waals surface area contributed by atoms with Gasteiger partial charge < -0.3 is 14.6 Å². The Hall–Kier alpha value is -2.87. The van der Waals surface area contributed by atoms with E-state index in [9.17, 15) is 9.18 Å². The molecule has 1 aliphatic heterocycles. The van der Waals surface area contributed by atoms with Crippen molar-refractivity contribution in [3.63, 3.8) is 0 Å². The van der Waals surface area contributed by atoms with Crippen molar-refractivity contribution in [1.82, 2.24) is 25.2 Å². The molecule has 146 valence electrons. The number of carbonyl (C=O) groups is 1. The van der Waals surface area contributed by atoms with Gasteiger partial charge in [-0.2, -0.15) is 0 Å². The first-order chi connectivity index (χ1) is 13.5. The zero-order chi connectivity index (χ0) is 19.7. The number of rotatable bonds is 4. The lowest BCUT2D eigenvalue weighted by Crippen LogP contribution is -2.51. The molecule has 0 unspecified atom stereocenters. The van der Waals surface area contributed by atoms with Crippen LogP contribution in [-0.4, -0.2) is 58.1 Å². The number of benzene rings is 1. The van der Waals surface area contributed by atoms with E-state index in [1.54, 1.807) is 31.3 Å². The van der Waals surface area contributed by atoms with Crippen molar-refractivity contribution < 1.29 is 13.6 Å². The number of likely N-dealkylation sites (tertiary alicyclic amines) is 1. The Bertz CT molecular complexity index is 1010. The summed E-state index contributed by atoms with van der Waals surface area (Å²) in [5.41, 5.74) is 1.58. The van der Waals surface area contributed by atoms with E-state index in [-0.39, 0.29) is 24.9 Å². The minimum Gasteiger partial charge on any atom is -0.441 e. The Morgan fingerprint density at radius 2 is 2.21 bits per heavy atom. The first kappa shape index (κ1) is 18.5. The van der Waals surface area contributed by atoms with Gasteiger partial charge in [-0.3, -0.25) is 4.79 Å². The lowest BCUT2D eigenvalue weighted by molar-refractivity contribution is -0.133. The molecule has 2 atom stereocenters. The van der Waals surface area contributed by atoms with Crippen LogP contribution in [0, 0.1) is 6.92 Å². The van der Waals surface area contributed by atoms with Gasteiger partial charge in [0.15, 0.2) is 11.7 Å². The van der Waals surface area contributed by atoms with Crippen LogP contribution >= 0.6 is 0 Å². The summed E-state index contributed by atoms with van der Waals surface area (Å²) in [6, 6.07) is 5.52. The molecular formula is C20H22FN5O2. The number of nitrogens with one attached hydrogen (secondary N) is 1. The first-order valence-electron chi connectivity index (χ1n) is 9.31. The number of aryl methyl sites for hydroxylation is 1. The quantitative estimate of drug-likeness (QED) is 0.744. The van der Waals surface area contributed by atoms with E-state index in [2.05, 4.69) is 20.3 Å². The molecule has 3 heterocycles. The number of alkyl halides is 1. The van der Waals surface area contributed by atoms with Crippen molar-refractivity contribution in [3.05, 3.63) is 42.3 Å². The minimum atomic E-state index is -1.06. The molecule has 28 heavy (non-hydrogen) atoms. The third kappa shape index (κ3) is 3.73. The Labute approximate surface area is 162 Å². The fourth-order valence-corrected chi connectivity index (χ4v) is 3.50. The number of fused-ring (bicyclic) bond motifs is 1. The van der Waals surface area contributed by atoms with Gasteiger partial charge in [0.2, 0.25) is 5.91 Å². The second-order valence-corrected chi connectivity index (χ2v) is 7.02. The number of oxazole rings is 1. The summed E-state index contributed by atoms with van der Waals surface area (Å²) in [6.07, 6.45) is 2.96. The third-order valence-corrected chi connectivity index (χ3v) is 5.11. The van der Waals surface area contributed by atoms with Crippen molar-refractivity contribution in [2.24, 2.45) is 0 Å². The highest BCUT2D eigenvalue weighted by Crippen LogP contribution is 2.24. The summed E-state index contributed by atoms with van der Waals surface area (Å²) < 4.78 is 19.7. The molecule has 0 bridgehead atoms. The number of halogens is 1. The second kappa shape index (κ2) is 7.63. The molecule has 1 aliphatic rings. The molecule has 7 nitrogen and oxygen atoms in total. The number of nitrogens with zero attached hydrogens (tertiary/aromatic N) is 4. The van der Waals surface area contributed by atoms with Gasteiger partial charge in [-0.05, 0) is 19.5 Å². The highest BCUT2D eigenvalue weighted by Gasteiger charge is 2.30. The number of amides is 1. The van der Waals surface area contributed by atoms with E-state index in [0.717, 1.165) is 16.5 Å². The SMILES string of the molecule is CN[C@@H]1CCN(C(=O)Cc2ncc3ccc(-c4cnc(C)o4)cc3n2)C[C@H]1F. The van der Waals surface area contributed by atoms with Crippen molar-refractivity contribution in [2.75, 3.05) is 20.1 Å². The number of aromatic nitrogens is 3. The Morgan fingerprint density at radius 1 is 1.36 bits per heavy atom. The molecule has 4 rings (SSSR count). The van der Waals surface area contributed by atoms with Crippen LogP contribution in [0.5, 0.6) is 0 Å². The predicted octanol–water partition coefficient (Wildman–Crippen LogP) is 2.29. The van der Waals surface area contributed by atoms with Crippen LogP contribution < -0.4 is 5.32 Å². The van der Waals surface area contributed by atoms with Crippen LogP contribution in [-0.2, 0) is 11.2 Å². The van der Waals surface area contributed by atoms with Crippen LogP contribution in [0.1, 0.15) is 18.1 Å². The zero-order valence-corrected chi connectivity index (χ0v) is 15.9. The average molecular weight is 383 g/mol. The highest BCUT2D eigenvalue weighted by molar-refractivity contribution is 5.83. The molecule has 1 amide bonds. The maximum Gasteiger partial charge on any atom is 0.230 e. The molecule has 1 N–H and O–H groups in total. The van der Waals surface area contributed by atoms with Crippen LogP contribution in [0.25, 0.3) is 22.2 Å². The molecule has 1 aromatic carbocycles.